The summed E-state index contributed by atoms with van der Waals surface area (Å²) >= 11 is 3.39. The first kappa shape index (κ1) is 23.6. The number of halogens is 3. The van der Waals surface area contributed by atoms with Crippen LogP contribution >= 0.6 is 15.9 Å². The molecule has 7 heteroatoms. The van der Waals surface area contributed by atoms with Crippen molar-refractivity contribution in [3.63, 3.8) is 0 Å². The maximum absolute atomic E-state index is 15.6. The van der Waals surface area contributed by atoms with Crippen LogP contribution in [0.4, 0.5) is 8.78 Å². The van der Waals surface area contributed by atoms with Gasteiger partial charge in [0.05, 0.1) is 24.8 Å². The normalized spacial score (nSPS) is 29.1. The van der Waals surface area contributed by atoms with E-state index in [0.717, 1.165) is 37.0 Å². The molecule has 2 fully saturated rings. The minimum absolute atomic E-state index is 0.0157. The van der Waals surface area contributed by atoms with Gasteiger partial charge in [-0.2, -0.15) is 0 Å². The molecular formula is C28H31BrF2N2O2. The van der Waals surface area contributed by atoms with Crippen molar-refractivity contribution in [3.8, 4) is 5.75 Å². The van der Waals surface area contributed by atoms with Gasteiger partial charge in [-0.3, -0.25) is 9.89 Å². The van der Waals surface area contributed by atoms with Crippen molar-refractivity contribution in [2.75, 3.05) is 20.3 Å². The summed E-state index contributed by atoms with van der Waals surface area (Å²) in [6.07, 6.45) is 7.29. The summed E-state index contributed by atoms with van der Waals surface area (Å²) in [5, 5.41) is 0. The van der Waals surface area contributed by atoms with Gasteiger partial charge in [-0.1, -0.05) is 28.1 Å². The van der Waals surface area contributed by atoms with Gasteiger partial charge in [0.2, 0.25) is 0 Å². The van der Waals surface area contributed by atoms with Gasteiger partial charge in [-0.05, 0) is 74.3 Å². The number of ether oxygens (including phenoxy) is 2. The number of alkyl halides is 1. The molecule has 0 radical (unpaired) electrons. The van der Waals surface area contributed by atoms with E-state index in [2.05, 4.69) is 39.9 Å². The van der Waals surface area contributed by atoms with Crippen LogP contribution in [0.2, 0.25) is 0 Å². The number of hydrogen-bond donors (Lipinski definition) is 0. The first-order chi connectivity index (χ1) is 16.9. The van der Waals surface area contributed by atoms with Crippen LogP contribution < -0.4 is 4.74 Å². The van der Waals surface area contributed by atoms with Crippen molar-refractivity contribution in [2.24, 2.45) is 4.99 Å². The molecule has 4 aliphatic rings. The molecule has 6 rings (SSSR count). The molecule has 2 aromatic carbocycles. The number of rotatable bonds is 5. The maximum atomic E-state index is 15.6. The van der Waals surface area contributed by atoms with Crippen molar-refractivity contribution in [1.29, 1.82) is 0 Å². The zero-order valence-electron chi connectivity index (χ0n) is 20.2. The second kappa shape index (κ2) is 8.93. The lowest BCUT2D eigenvalue weighted by molar-refractivity contribution is 0.00120. The predicted molar refractivity (Wildman–Crippen MR) is 136 cm³/mol. The van der Waals surface area contributed by atoms with Gasteiger partial charge in [0.15, 0.2) is 0 Å². The molecule has 35 heavy (non-hydrogen) atoms. The largest absolute Gasteiger partial charge is 0.496 e. The highest BCUT2D eigenvalue weighted by Gasteiger charge is 2.49. The SMILES string of the molecule is COc1cc(Br)cc(F)c1[C@@H]1c2ccc3c(c2C[C@@H](C)N1CC1(F)CC1)C=NC3C1CCCCO1. The summed E-state index contributed by atoms with van der Waals surface area (Å²) in [6, 6.07) is 7.14. The van der Waals surface area contributed by atoms with E-state index < -0.39 is 11.7 Å². The Balaban J connectivity index is 1.48. The van der Waals surface area contributed by atoms with Crippen LogP contribution in [-0.2, 0) is 11.2 Å². The molecule has 1 aliphatic carbocycles. The summed E-state index contributed by atoms with van der Waals surface area (Å²) in [5.74, 6) is 0.121. The van der Waals surface area contributed by atoms with Crippen LogP contribution in [0.3, 0.4) is 0 Å². The molecule has 0 N–H and O–H groups in total. The Morgan fingerprint density at radius 3 is 2.74 bits per heavy atom. The number of aliphatic imine (C=N–C) groups is 1. The fourth-order valence-corrected chi connectivity index (χ4v) is 6.58. The van der Waals surface area contributed by atoms with Gasteiger partial charge in [-0.15, -0.1) is 0 Å². The number of hydrogen-bond acceptors (Lipinski definition) is 4. The third kappa shape index (κ3) is 4.13. The summed E-state index contributed by atoms with van der Waals surface area (Å²) in [7, 11) is 1.56. The molecule has 0 aromatic heterocycles. The highest BCUT2D eigenvalue weighted by molar-refractivity contribution is 9.10. The van der Waals surface area contributed by atoms with Crippen molar-refractivity contribution >= 4 is 22.1 Å². The van der Waals surface area contributed by atoms with Gasteiger partial charge < -0.3 is 9.47 Å². The fraction of sp³-hybridized carbons (Fsp3) is 0.536. The van der Waals surface area contributed by atoms with Crippen LogP contribution in [0.1, 0.15) is 78.9 Å². The predicted octanol–water partition coefficient (Wildman–Crippen LogP) is 6.48. The van der Waals surface area contributed by atoms with Crippen LogP contribution in [0.15, 0.2) is 33.7 Å². The highest BCUT2D eigenvalue weighted by atomic mass is 79.9. The number of fused-ring (bicyclic) bond motifs is 3. The topological polar surface area (TPSA) is 34.1 Å². The summed E-state index contributed by atoms with van der Waals surface area (Å²) < 4.78 is 43.1. The van der Waals surface area contributed by atoms with E-state index in [1.807, 2.05) is 6.21 Å². The average molecular weight is 545 g/mol. The Labute approximate surface area is 213 Å². The lowest BCUT2D eigenvalue weighted by Crippen LogP contribution is -2.46. The van der Waals surface area contributed by atoms with Crippen molar-refractivity contribution in [2.45, 2.75) is 75.3 Å². The van der Waals surface area contributed by atoms with E-state index in [9.17, 15) is 0 Å². The summed E-state index contributed by atoms with van der Waals surface area (Å²) in [4.78, 5) is 7.02. The molecule has 0 spiro atoms. The van der Waals surface area contributed by atoms with E-state index >= 15 is 8.78 Å². The Kier molecular flexibility index (Phi) is 6.01. The van der Waals surface area contributed by atoms with Gasteiger partial charge >= 0.3 is 0 Å². The van der Waals surface area contributed by atoms with Crippen molar-refractivity contribution in [3.05, 3.63) is 62.4 Å². The fourth-order valence-electron chi connectivity index (χ4n) is 6.17. The summed E-state index contributed by atoms with van der Waals surface area (Å²) in [5.41, 5.74) is 3.81. The second-order valence-electron chi connectivity index (χ2n) is 10.5. The summed E-state index contributed by atoms with van der Waals surface area (Å²) in [6.45, 7) is 3.21. The zero-order chi connectivity index (χ0) is 24.3. The van der Waals surface area contributed by atoms with Crippen LogP contribution in [0, 0.1) is 5.82 Å². The molecule has 186 valence electrons. The quantitative estimate of drug-likeness (QED) is 0.432. The molecule has 1 saturated carbocycles. The van der Waals surface area contributed by atoms with E-state index in [-0.39, 0.29) is 24.0 Å². The van der Waals surface area contributed by atoms with Crippen LogP contribution in [-0.4, -0.2) is 49.2 Å². The molecule has 3 aliphatic heterocycles. The van der Waals surface area contributed by atoms with Crippen molar-refractivity contribution in [1.82, 2.24) is 4.90 Å². The number of benzene rings is 2. The Morgan fingerprint density at radius 1 is 1.23 bits per heavy atom. The van der Waals surface area contributed by atoms with Gasteiger partial charge in [0.25, 0.3) is 0 Å². The van der Waals surface area contributed by atoms with E-state index in [4.69, 9.17) is 14.5 Å². The first-order valence-corrected chi connectivity index (χ1v) is 13.5. The second-order valence-corrected chi connectivity index (χ2v) is 11.5. The molecule has 3 heterocycles. The molecule has 4 nitrogen and oxygen atoms in total. The molecule has 1 saturated heterocycles. The van der Waals surface area contributed by atoms with E-state index in [1.165, 1.54) is 23.6 Å². The van der Waals surface area contributed by atoms with Gasteiger partial charge in [-0.25, -0.2) is 8.78 Å². The maximum Gasteiger partial charge on any atom is 0.133 e. The Hall–Kier alpha value is -1.83. The average Bonchev–Trinajstić information content (AvgIpc) is 3.41. The lowest BCUT2D eigenvalue weighted by Gasteiger charge is -2.44. The van der Waals surface area contributed by atoms with E-state index in [0.29, 0.717) is 35.2 Å². The first-order valence-electron chi connectivity index (χ1n) is 12.7. The molecule has 0 amide bonds. The van der Waals surface area contributed by atoms with Gasteiger partial charge in [0.1, 0.15) is 23.3 Å². The third-order valence-corrected chi connectivity index (χ3v) is 8.63. The monoisotopic (exact) mass is 544 g/mol. The minimum Gasteiger partial charge on any atom is -0.496 e. The Bertz CT molecular complexity index is 1180. The molecule has 2 aromatic rings. The molecule has 2 unspecified atom stereocenters. The zero-order valence-corrected chi connectivity index (χ0v) is 21.8. The van der Waals surface area contributed by atoms with Crippen LogP contribution in [0.25, 0.3) is 0 Å². The van der Waals surface area contributed by atoms with Crippen LogP contribution in [0.5, 0.6) is 5.75 Å². The molecular weight excluding hydrogens is 514 g/mol. The Morgan fingerprint density at radius 2 is 2.03 bits per heavy atom. The molecule has 4 atom stereocenters. The number of nitrogens with zero attached hydrogens (tertiary/aromatic N) is 2. The smallest absolute Gasteiger partial charge is 0.133 e. The van der Waals surface area contributed by atoms with E-state index in [1.54, 1.807) is 13.2 Å². The minimum atomic E-state index is -1.19. The third-order valence-electron chi connectivity index (χ3n) is 8.18. The standard InChI is InChI=1S/C28H31BrF2N2O2/c1-16-11-20-19(7-6-18-21(20)14-32-26(18)23-5-3-4-10-35-23)27(33(16)15-28(31)8-9-28)25-22(30)12-17(29)13-24(25)34-2/h6-7,12-14,16,23,26-27H,3-5,8-11,15H2,1-2H3/t16-,23?,26?,27+/m1/s1. The highest BCUT2D eigenvalue weighted by Crippen LogP contribution is 2.50. The van der Waals surface area contributed by atoms with Crippen molar-refractivity contribution < 1.29 is 18.3 Å². The lowest BCUT2D eigenvalue weighted by atomic mass is 9.80. The number of methoxy groups -OCH3 is 1. The van der Waals surface area contributed by atoms with Gasteiger partial charge in [0, 0.05) is 35.4 Å². The molecule has 0 bridgehead atoms.